The number of carbonyl (C=O) groups excluding carboxylic acids is 1. The summed E-state index contributed by atoms with van der Waals surface area (Å²) >= 11 is 0. The zero-order valence-electron chi connectivity index (χ0n) is 11.8. The van der Waals surface area contributed by atoms with Crippen molar-refractivity contribution < 1.29 is 14.1 Å². The Morgan fingerprint density at radius 3 is 2.95 bits per heavy atom. The molecule has 1 unspecified atom stereocenters. The molecule has 1 fully saturated rings. The van der Waals surface area contributed by atoms with Gasteiger partial charge in [-0.05, 0) is 38.4 Å². The number of nitro benzene ring substituents is 1. The van der Waals surface area contributed by atoms with Crippen molar-refractivity contribution in [2.75, 3.05) is 20.1 Å². The first-order chi connectivity index (χ1) is 10.0. The number of likely N-dealkylation sites (N-methyl/N-ethyl adjacent to an activating group) is 1. The minimum atomic E-state index is -0.719. The highest BCUT2D eigenvalue weighted by Gasteiger charge is 2.31. The van der Waals surface area contributed by atoms with Crippen LogP contribution in [0.15, 0.2) is 18.2 Å². The molecule has 0 radical (unpaired) electrons. The lowest BCUT2D eigenvalue weighted by Crippen LogP contribution is -2.48. The molecule has 1 heterocycles. The van der Waals surface area contributed by atoms with Crippen molar-refractivity contribution in [3.05, 3.63) is 39.7 Å². The van der Waals surface area contributed by atoms with Crippen LogP contribution in [0.3, 0.4) is 0 Å². The first-order valence-corrected chi connectivity index (χ1v) is 6.94. The third-order valence-electron chi connectivity index (χ3n) is 3.71. The summed E-state index contributed by atoms with van der Waals surface area (Å²) in [4.78, 5) is 24.6. The van der Waals surface area contributed by atoms with Crippen LogP contribution in [0.1, 0.15) is 29.6 Å². The standard InChI is InChI=1S/C14H18FN3O3/c1-16-9-11-4-2-3-7-17(11)14(19)12-6-5-10(15)8-13(12)18(20)21/h5-6,8,11,16H,2-4,7,9H2,1H3. The van der Waals surface area contributed by atoms with Crippen molar-refractivity contribution in [1.82, 2.24) is 10.2 Å². The number of likely N-dealkylation sites (tertiary alicyclic amines) is 1. The van der Waals surface area contributed by atoms with Crippen LogP contribution in [0.25, 0.3) is 0 Å². The highest BCUT2D eigenvalue weighted by molar-refractivity contribution is 5.98. The smallest absolute Gasteiger partial charge is 0.285 e. The summed E-state index contributed by atoms with van der Waals surface area (Å²) < 4.78 is 13.2. The molecule has 1 amide bonds. The lowest BCUT2D eigenvalue weighted by molar-refractivity contribution is -0.385. The lowest BCUT2D eigenvalue weighted by Gasteiger charge is -2.35. The number of halogens is 1. The summed E-state index contributed by atoms with van der Waals surface area (Å²) in [6.45, 7) is 1.21. The SMILES string of the molecule is CNCC1CCCCN1C(=O)c1ccc(F)cc1[N+](=O)[O-]. The number of amides is 1. The molecule has 1 saturated heterocycles. The largest absolute Gasteiger partial charge is 0.334 e. The van der Waals surface area contributed by atoms with E-state index in [1.165, 1.54) is 6.07 Å². The highest BCUT2D eigenvalue weighted by atomic mass is 19.1. The molecule has 1 aromatic rings. The van der Waals surface area contributed by atoms with Crippen molar-refractivity contribution in [2.45, 2.75) is 25.3 Å². The molecule has 1 aromatic carbocycles. The molecule has 0 bridgehead atoms. The fourth-order valence-electron chi connectivity index (χ4n) is 2.71. The number of carbonyl (C=O) groups is 1. The number of hydrogen-bond donors (Lipinski definition) is 1. The average Bonchev–Trinajstić information content (AvgIpc) is 2.47. The molecule has 1 aliphatic rings. The van der Waals surface area contributed by atoms with E-state index in [1.807, 2.05) is 0 Å². The number of rotatable bonds is 4. The quantitative estimate of drug-likeness (QED) is 0.680. The second-order valence-electron chi connectivity index (χ2n) is 5.12. The molecule has 6 nitrogen and oxygen atoms in total. The van der Waals surface area contributed by atoms with Crippen LogP contribution in [-0.2, 0) is 0 Å². The first kappa shape index (κ1) is 15.4. The van der Waals surface area contributed by atoms with E-state index in [-0.39, 0.29) is 11.6 Å². The number of nitrogens with one attached hydrogen (secondary N) is 1. The molecular weight excluding hydrogens is 277 g/mol. The van der Waals surface area contributed by atoms with Gasteiger partial charge in [0.05, 0.1) is 11.0 Å². The Bertz CT molecular complexity index is 548. The number of nitro groups is 1. The molecular formula is C14H18FN3O3. The van der Waals surface area contributed by atoms with E-state index in [0.29, 0.717) is 13.1 Å². The van der Waals surface area contributed by atoms with Gasteiger partial charge in [0, 0.05) is 19.1 Å². The van der Waals surface area contributed by atoms with Crippen LogP contribution in [0.4, 0.5) is 10.1 Å². The summed E-state index contributed by atoms with van der Waals surface area (Å²) in [6.07, 6.45) is 2.77. The van der Waals surface area contributed by atoms with Crippen molar-refractivity contribution in [2.24, 2.45) is 0 Å². The van der Waals surface area contributed by atoms with E-state index >= 15 is 0 Å². The van der Waals surface area contributed by atoms with E-state index in [0.717, 1.165) is 31.4 Å². The fourth-order valence-corrected chi connectivity index (χ4v) is 2.71. The Hall–Kier alpha value is -2.02. The van der Waals surface area contributed by atoms with Crippen LogP contribution >= 0.6 is 0 Å². The Kier molecular flexibility index (Phi) is 4.85. The van der Waals surface area contributed by atoms with E-state index < -0.39 is 22.3 Å². The summed E-state index contributed by atoms with van der Waals surface area (Å²) in [7, 11) is 1.80. The van der Waals surface area contributed by atoms with Gasteiger partial charge < -0.3 is 10.2 Å². The van der Waals surface area contributed by atoms with Gasteiger partial charge >= 0.3 is 0 Å². The van der Waals surface area contributed by atoms with Crippen molar-refractivity contribution in [3.63, 3.8) is 0 Å². The molecule has 0 aliphatic carbocycles. The monoisotopic (exact) mass is 295 g/mol. The third-order valence-corrected chi connectivity index (χ3v) is 3.71. The van der Waals surface area contributed by atoms with Crippen molar-refractivity contribution in [1.29, 1.82) is 0 Å². The molecule has 2 rings (SSSR count). The Morgan fingerprint density at radius 1 is 1.52 bits per heavy atom. The van der Waals surface area contributed by atoms with Crippen LogP contribution in [0, 0.1) is 15.9 Å². The van der Waals surface area contributed by atoms with Crippen molar-refractivity contribution >= 4 is 11.6 Å². The van der Waals surface area contributed by atoms with E-state index in [1.54, 1.807) is 11.9 Å². The number of nitrogens with zero attached hydrogens (tertiary/aromatic N) is 2. The van der Waals surface area contributed by atoms with Gasteiger partial charge in [-0.2, -0.15) is 0 Å². The number of piperidine rings is 1. The first-order valence-electron chi connectivity index (χ1n) is 6.94. The van der Waals surface area contributed by atoms with Gasteiger partial charge in [-0.3, -0.25) is 14.9 Å². The Labute approximate surface area is 122 Å². The maximum atomic E-state index is 13.2. The van der Waals surface area contributed by atoms with E-state index in [9.17, 15) is 19.3 Å². The maximum absolute atomic E-state index is 13.2. The Morgan fingerprint density at radius 2 is 2.29 bits per heavy atom. The second kappa shape index (κ2) is 6.62. The highest BCUT2D eigenvalue weighted by Crippen LogP contribution is 2.25. The van der Waals surface area contributed by atoms with E-state index in [4.69, 9.17) is 0 Å². The lowest BCUT2D eigenvalue weighted by atomic mass is 10.00. The molecule has 1 N–H and O–H groups in total. The van der Waals surface area contributed by atoms with Crippen LogP contribution in [0.2, 0.25) is 0 Å². The maximum Gasteiger partial charge on any atom is 0.285 e. The predicted octanol–water partition coefficient (Wildman–Crippen LogP) is 1.95. The van der Waals surface area contributed by atoms with Gasteiger partial charge in [0.25, 0.3) is 11.6 Å². The van der Waals surface area contributed by atoms with Gasteiger partial charge in [0.2, 0.25) is 0 Å². The Balaban J connectivity index is 2.32. The van der Waals surface area contributed by atoms with E-state index in [2.05, 4.69) is 5.32 Å². The number of benzene rings is 1. The summed E-state index contributed by atoms with van der Waals surface area (Å²) in [5, 5.41) is 14.1. The average molecular weight is 295 g/mol. The number of hydrogen-bond acceptors (Lipinski definition) is 4. The van der Waals surface area contributed by atoms with Gasteiger partial charge in [-0.1, -0.05) is 0 Å². The molecule has 114 valence electrons. The molecule has 0 aromatic heterocycles. The summed E-state index contributed by atoms with van der Waals surface area (Å²) in [5.41, 5.74) is -0.529. The summed E-state index contributed by atoms with van der Waals surface area (Å²) in [6, 6.07) is 3.09. The zero-order chi connectivity index (χ0) is 15.4. The third kappa shape index (κ3) is 3.36. The minimum absolute atomic E-state index is 0.0147. The van der Waals surface area contributed by atoms with Gasteiger partial charge in [-0.15, -0.1) is 0 Å². The fraction of sp³-hybridized carbons (Fsp3) is 0.500. The van der Waals surface area contributed by atoms with Crippen LogP contribution in [0.5, 0.6) is 0 Å². The molecule has 0 spiro atoms. The van der Waals surface area contributed by atoms with Gasteiger partial charge in [-0.25, -0.2) is 4.39 Å². The van der Waals surface area contributed by atoms with Crippen LogP contribution < -0.4 is 5.32 Å². The second-order valence-corrected chi connectivity index (χ2v) is 5.12. The van der Waals surface area contributed by atoms with Crippen molar-refractivity contribution in [3.8, 4) is 0 Å². The molecule has 7 heteroatoms. The zero-order valence-corrected chi connectivity index (χ0v) is 11.8. The normalized spacial score (nSPS) is 18.6. The molecule has 0 saturated carbocycles. The predicted molar refractivity (Wildman–Crippen MR) is 75.7 cm³/mol. The molecule has 1 atom stereocenters. The minimum Gasteiger partial charge on any atom is -0.334 e. The molecule has 21 heavy (non-hydrogen) atoms. The van der Waals surface area contributed by atoms with Gasteiger partial charge in [0.1, 0.15) is 11.4 Å². The summed E-state index contributed by atoms with van der Waals surface area (Å²) in [5.74, 6) is -1.12. The molecule has 1 aliphatic heterocycles. The van der Waals surface area contributed by atoms with Gasteiger partial charge in [0.15, 0.2) is 0 Å². The topological polar surface area (TPSA) is 75.5 Å². The van der Waals surface area contributed by atoms with Crippen LogP contribution in [-0.4, -0.2) is 41.9 Å².